The third-order valence-electron chi connectivity index (χ3n) is 5.12. The zero-order valence-corrected chi connectivity index (χ0v) is 11.5. The average molecular weight is 260 g/mol. The van der Waals surface area contributed by atoms with Gasteiger partial charge in [0, 0.05) is 12.1 Å². The first kappa shape index (κ1) is 12.5. The van der Waals surface area contributed by atoms with Gasteiger partial charge in [0.25, 0.3) is 0 Å². The van der Waals surface area contributed by atoms with E-state index in [1.807, 2.05) is 6.92 Å². The van der Waals surface area contributed by atoms with Gasteiger partial charge in [-0.3, -0.25) is 4.90 Å². The minimum absolute atomic E-state index is 0.264. The van der Waals surface area contributed by atoms with Gasteiger partial charge in [-0.1, -0.05) is 5.92 Å². The van der Waals surface area contributed by atoms with E-state index in [9.17, 15) is 4.79 Å². The van der Waals surface area contributed by atoms with E-state index in [-0.39, 0.29) is 12.1 Å². The van der Waals surface area contributed by atoms with Crippen LogP contribution >= 0.6 is 0 Å². The molecule has 2 fully saturated rings. The van der Waals surface area contributed by atoms with Crippen LogP contribution in [0.3, 0.4) is 0 Å². The van der Waals surface area contributed by atoms with Crippen molar-refractivity contribution in [2.45, 2.75) is 56.3 Å². The number of urea groups is 1. The van der Waals surface area contributed by atoms with E-state index in [0.717, 1.165) is 12.8 Å². The summed E-state index contributed by atoms with van der Waals surface area (Å²) < 4.78 is 0. The van der Waals surface area contributed by atoms with Crippen LogP contribution in [0.2, 0.25) is 0 Å². The van der Waals surface area contributed by atoms with Crippen LogP contribution in [0.1, 0.15) is 32.6 Å². The zero-order valence-electron chi connectivity index (χ0n) is 11.5. The molecule has 3 rings (SSSR count). The molecule has 3 unspecified atom stereocenters. The molecule has 3 atom stereocenters. The van der Waals surface area contributed by atoms with Crippen molar-refractivity contribution >= 4 is 11.9 Å². The van der Waals surface area contributed by atoms with Crippen molar-refractivity contribution in [3.8, 4) is 12.3 Å². The van der Waals surface area contributed by atoms with Crippen molar-refractivity contribution in [2.75, 3.05) is 7.05 Å². The molecule has 2 N–H and O–H groups in total. The lowest BCUT2D eigenvalue weighted by Gasteiger charge is -2.48. The molecule has 0 aliphatic carbocycles. The molecule has 0 radical (unpaired) electrons. The van der Waals surface area contributed by atoms with Gasteiger partial charge in [-0.05, 0) is 39.7 Å². The molecule has 0 saturated carbocycles. The first-order valence-electron chi connectivity index (χ1n) is 6.85. The Morgan fingerprint density at radius 1 is 1.47 bits per heavy atom. The molecule has 5 nitrogen and oxygen atoms in total. The molecule has 0 aromatic rings. The number of carbonyl (C=O) groups is 1. The second kappa shape index (κ2) is 3.97. The highest BCUT2D eigenvalue weighted by Gasteiger charge is 2.57. The van der Waals surface area contributed by atoms with E-state index >= 15 is 0 Å². The van der Waals surface area contributed by atoms with E-state index in [1.54, 1.807) is 4.90 Å². The summed E-state index contributed by atoms with van der Waals surface area (Å²) in [7, 11) is 2.16. The Morgan fingerprint density at radius 2 is 2.05 bits per heavy atom. The van der Waals surface area contributed by atoms with Crippen molar-refractivity contribution in [3.05, 3.63) is 0 Å². The molecule has 19 heavy (non-hydrogen) atoms. The van der Waals surface area contributed by atoms with Gasteiger partial charge in [0.15, 0.2) is 0 Å². The minimum Gasteiger partial charge on any atom is -0.385 e. The average Bonchev–Trinajstić information content (AvgIpc) is 2.72. The molecule has 0 aromatic heterocycles. The van der Waals surface area contributed by atoms with E-state index in [0.29, 0.717) is 17.9 Å². The maximum atomic E-state index is 12.1. The highest BCUT2D eigenvalue weighted by Crippen LogP contribution is 2.45. The summed E-state index contributed by atoms with van der Waals surface area (Å²) in [6.07, 6.45) is 9.56. The molecule has 0 aromatic carbocycles. The van der Waals surface area contributed by atoms with Gasteiger partial charge in [-0.25, -0.2) is 4.79 Å². The SMILES string of the molecule is C#CC(C)N1C(=O)N=C(N)C12CC1CCC(C2)N1C. The van der Waals surface area contributed by atoms with Gasteiger partial charge in [0.2, 0.25) is 0 Å². The highest BCUT2D eigenvalue weighted by molar-refractivity contribution is 6.06. The van der Waals surface area contributed by atoms with Gasteiger partial charge in [-0.15, -0.1) is 6.42 Å². The second-order valence-electron chi connectivity index (χ2n) is 5.98. The van der Waals surface area contributed by atoms with E-state index in [2.05, 4.69) is 22.9 Å². The summed E-state index contributed by atoms with van der Waals surface area (Å²) in [4.78, 5) is 20.3. The predicted molar refractivity (Wildman–Crippen MR) is 73.7 cm³/mol. The molecule has 3 aliphatic rings. The summed E-state index contributed by atoms with van der Waals surface area (Å²) in [6, 6.07) is 0.420. The van der Waals surface area contributed by atoms with Gasteiger partial charge >= 0.3 is 6.03 Å². The third kappa shape index (κ3) is 1.53. The van der Waals surface area contributed by atoms with E-state index in [1.165, 1.54) is 12.8 Å². The first-order valence-corrected chi connectivity index (χ1v) is 6.85. The predicted octanol–water partition coefficient (Wildman–Crippen LogP) is 0.796. The van der Waals surface area contributed by atoms with Gasteiger partial charge < -0.3 is 10.6 Å². The lowest BCUT2D eigenvalue weighted by Crippen LogP contribution is -2.63. The van der Waals surface area contributed by atoms with Crippen LogP contribution < -0.4 is 5.73 Å². The Kier molecular flexibility index (Phi) is 2.61. The minimum atomic E-state index is -0.443. The fourth-order valence-corrected chi connectivity index (χ4v) is 4.03. The summed E-state index contributed by atoms with van der Waals surface area (Å²) in [5.41, 5.74) is 5.67. The molecule has 3 aliphatic heterocycles. The maximum absolute atomic E-state index is 12.1. The summed E-state index contributed by atoms with van der Waals surface area (Å²) >= 11 is 0. The van der Waals surface area contributed by atoms with Crippen molar-refractivity contribution in [3.63, 3.8) is 0 Å². The number of nitrogens with two attached hydrogens (primary N) is 1. The fourth-order valence-electron chi connectivity index (χ4n) is 4.03. The topological polar surface area (TPSA) is 61.9 Å². The maximum Gasteiger partial charge on any atom is 0.347 e. The Balaban J connectivity index is 2.00. The molecule has 2 bridgehead atoms. The Labute approximate surface area is 113 Å². The van der Waals surface area contributed by atoms with Crippen LogP contribution in [0.15, 0.2) is 4.99 Å². The lowest BCUT2D eigenvalue weighted by molar-refractivity contribution is 0.0610. The number of amidine groups is 1. The Morgan fingerprint density at radius 3 is 2.58 bits per heavy atom. The zero-order chi connectivity index (χ0) is 13.8. The number of hydrogen-bond acceptors (Lipinski definition) is 3. The molecular weight excluding hydrogens is 240 g/mol. The van der Waals surface area contributed by atoms with E-state index in [4.69, 9.17) is 12.2 Å². The molecular formula is C14H20N4O. The number of terminal acetylenes is 1. The van der Waals surface area contributed by atoms with Crippen molar-refractivity contribution in [2.24, 2.45) is 10.7 Å². The first-order chi connectivity index (χ1) is 8.99. The van der Waals surface area contributed by atoms with Gasteiger partial charge in [0.05, 0.1) is 6.04 Å². The van der Waals surface area contributed by atoms with Crippen molar-refractivity contribution < 1.29 is 4.79 Å². The normalized spacial score (nSPS) is 39.5. The monoisotopic (exact) mass is 260 g/mol. The number of aliphatic imine (C=N–C) groups is 1. The molecule has 2 amide bonds. The largest absolute Gasteiger partial charge is 0.385 e. The fraction of sp³-hybridized carbons (Fsp3) is 0.714. The second-order valence-corrected chi connectivity index (χ2v) is 5.98. The Hall–Kier alpha value is -1.54. The molecule has 3 heterocycles. The standard InChI is InChI=1S/C14H20N4O/c1-4-9(2)18-13(19)16-12(15)14(18)7-10-5-6-11(8-14)17(10)3/h1,9-11H,5-8H2,2-3H3,(H2,15,16,19). The van der Waals surface area contributed by atoms with Gasteiger partial charge in [0.1, 0.15) is 11.4 Å². The van der Waals surface area contributed by atoms with Crippen LogP contribution in [0.5, 0.6) is 0 Å². The van der Waals surface area contributed by atoms with Crippen LogP contribution in [0.25, 0.3) is 0 Å². The number of hydrogen-bond donors (Lipinski definition) is 1. The number of piperidine rings is 1. The molecule has 2 saturated heterocycles. The summed E-state index contributed by atoms with van der Waals surface area (Å²) in [6.45, 7) is 1.87. The lowest BCUT2D eigenvalue weighted by atomic mass is 9.80. The highest BCUT2D eigenvalue weighted by atomic mass is 16.2. The molecule has 102 valence electrons. The van der Waals surface area contributed by atoms with Crippen LogP contribution in [-0.2, 0) is 0 Å². The van der Waals surface area contributed by atoms with Crippen LogP contribution in [0, 0.1) is 12.3 Å². The summed E-state index contributed by atoms with van der Waals surface area (Å²) in [5.74, 6) is 3.12. The number of nitrogens with zero attached hydrogens (tertiary/aromatic N) is 3. The molecule has 5 heteroatoms. The number of rotatable bonds is 1. The van der Waals surface area contributed by atoms with Gasteiger partial charge in [-0.2, -0.15) is 4.99 Å². The quantitative estimate of drug-likeness (QED) is 0.709. The summed E-state index contributed by atoms with van der Waals surface area (Å²) in [5, 5.41) is 0. The van der Waals surface area contributed by atoms with E-state index < -0.39 is 5.54 Å². The molecule has 1 spiro atoms. The third-order valence-corrected chi connectivity index (χ3v) is 5.12. The van der Waals surface area contributed by atoms with Crippen LogP contribution in [-0.4, -0.2) is 52.4 Å². The number of carbonyl (C=O) groups excluding carboxylic acids is 1. The van der Waals surface area contributed by atoms with Crippen molar-refractivity contribution in [1.29, 1.82) is 0 Å². The van der Waals surface area contributed by atoms with Crippen LogP contribution in [0.4, 0.5) is 4.79 Å². The Bertz CT molecular complexity index is 478. The number of amides is 2. The number of fused-ring (bicyclic) bond motifs is 2. The smallest absolute Gasteiger partial charge is 0.347 e. The van der Waals surface area contributed by atoms with Crippen molar-refractivity contribution in [1.82, 2.24) is 9.80 Å².